The van der Waals surface area contributed by atoms with Gasteiger partial charge in [0.1, 0.15) is 5.82 Å². The molecule has 0 aliphatic heterocycles. The molecule has 106 valence electrons. The average molecular weight is 268 g/mol. The fourth-order valence-corrected chi connectivity index (χ4v) is 1.57. The van der Waals surface area contributed by atoms with E-state index in [0.29, 0.717) is 31.4 Å². The Kier molecular flexibility index (Phi) is 6.84. The maximum absolute atomic E-state index is 13.2. The fraction of sp³-hybridized carbons (Fsp3) is 0.462. The number of guanidine groups is 1. The number of aryl methyl sites for hydroxylation is 1. The summed E-state index contributed by atoms with van der Waals surface area (Å²) in [6, 6.07) is 4.66. The molecule has 0 amide bonds. The largest absolute Gasteiger partial charge is 0.382 e. The monoisotopic (exact) mass is 268 g/mol. The van der Waals surface area contributed by atoms with Crippen LogP contribution in [0.4, 0.5) is 10.1 Å². The van der Waals surface area contributed by atoms with Crippen LogP contribution in [0.5, 0.6) is 0 Å². The summed E-state index contributed by atoms with van der Waals surface area (Å²) in [7, 11) is 0. The number of anilines is 1. The number of hydrogen-bond donors (Lipinski definition) is 3. The summed E-state index contributed by atoms with van der Waals surface area (Å²) in [5.41, 5.74) is 3.90. The highest BCUT2D eigenvalue weighted by atomic mass is 19.1. The molecule has 0 aromatic heterocycles. The van der Waals surface area contributed by atoms with Crippen LogP contribution in [0.15, 0.2) is 23.2 Å². The maximum Gasteiger partial charge on any atom is 0.210 e. The average Bonchev–Trinajstić information content (AvgIpc) is 2.36. The highest BCUT2D eigenvalue weighted by Crippen LogP contribution is 2.12. The van der Waals surface area contributed by atoms with Gasteiger partial charge in [-0.05, 0) is 44.0 Å². The van der Waals surface area contributed by atoms with Crippen LogP contribution in [0.1, 0.15) is 18.9 Å². The third-order valence-corrected chi connectivity index (χ3v) is 2.36. The van der Waals surface area contributed by atoms with Crippen molar-refractivity contribution in [3.8, 4) is 0 Å². The topological polar surface area (TPSA) is 71.7 Å². The van der Waals surface area contributed by atoms with Gasteiger partial charge in [0.25, 0.3) is 0 Å². The Morgan fingerprint density at radius 3 is 2.84 bits per heavy atom. The van der Waals surface area contributed by atoms with E-state index in [4.69, 9.17) is 10.6 Å². The standard InChI is InChI=1S/C13H21FN4O/c1-3-19-6-4-5-16-13(18-15)17-12-8-10(2)7-11(14)9-12/h7-9H,3-6,15H2,1-2H3,(H2,16,17,18). The van der Waals surface area contributed by atoms with Gasteiger partial charge in [-0.2, -0.15) is 0 Å². The summed E-state index contributed by atoms with van der Waals surface area (Å²) in [5, 5.41) is 2.93. The van der Waals surface area contributed by atoms with Crippen LogP contribution in [0.3, 0.4) is 0 Å². The second kappa shape index (κ2) is 8.44. The van der Waals surface area contributed by atoms with Crippen molar-refractivity contribution in [2.75, 3.05) is 25.1 Å². The molecule has 1 aromatic carbocycles. The van der Waals surface area contributed by atoms with E-state index in [0.717, 1.165) is 12.0 Å². The van der Waals surface area contributed by atoms with E-state index in [9.17, 15) is 4.39 Å². The lowest BCUT2D eigenvalue weighted by Crippen LogP contribution is -2.36. The number of benzene rings is 1. The molecule has 0 atom stereocenters. The number of halogens is 1. The molecule has 0 saturated heterocycles. The third kappa shape index (κ3) is 6.17. The molecule has 0 heterocycles. The smallest absolute Gasteiger partial charge is 0.210 e. The minimum atomic E-state index is -0.296. The van der Waals surface area contributed by atoms with Crippen molar-refractivity contribution in [1.29, 1.82) is 0 Å². The van der Waals surface area contributed by atoms with Gasteiger partial charge in [-0.15, -0.1) is 0 Å². The predicted molar refractivity (Wildman–Crippen MR) is 75.5 cm³/mol. The zero-order valence-corrected chi connectivity index (χ0v) is 11.4. The molecule has 0 radical (unpaired) electrons. The fourth-order valence-electron chi connectivity index (χ4n) is 1.57. The van der Waals surface area contributed by atoms with E-state index in [-0.39, 0.29) is 5.82 Å². The Balaban J connectivity index is 2.53. The third-order valence-electron chi connectivity index (χ3n) is 2.36. The van der Waals surface area contributed by atoms with Gasteiger partial charge in [-0.3, -0.25) is 10.4 Å². The van der Waals surface area contributed by atoms with Gasteiger partial charge in [0, 0.05) is 25.4 Å². The number of nitrogens with one attached hydrogen (secondary N) is 2. The summed E-state index contributed by atoms with van der Waals surface area (Å²) >= 11 is 0. The molecular weight excluding hydrogens is 247 g/mol. The molecule has 0 saturated carbocycles. The molecule has 0 spiro atoms. The molecule has 19 heavy (non-hydrogen) atoms. The van der Waals surface area contributed by atoms with Gasteiger partial charge in [0.2, 0.25) is 5.96 Å². The first-order valence-corrected chi connectivity index (χ1v) is 6.28. The maximum atomic E-state index is 13.2. The first-order valence-electron chi connectivity index (χ1n) is 6.28. The van der Waals surface area contributed by atoms with Crippen molar-refractivity contribution in [2.24, 2.45) is 10.8 Å². The highest BCUT2D eigenvalue weighted by molar-refractivity contribution is 5.93. The van der Waals surface area contributed by atoms with E-state index in [2.05, 4.69) is 15.7 Å². The summed E-state index contributed by atoms with van der Waals surface area (Å²) < 4.78 is 18.4. The van der Waals surface area contributed by atoms with E-state index >= 15 is 0 Å². The second-order valence-electron chi connectivity index (χ2n) is 4.07. The SMILES string of the molecule is CCOCCCN=C(NN)Nc1cc(C)cc(F)c1. The number of hydrogen-bond acceptors (Lipinski definition) is 3. The van der Waals surface area contributed by atoms with Crippen LogP contribution in [-0.4, -0.2) is 25.7 Å². The number of rotatable bonds is 6. The lowest BCUT2D eigenvalue weighted by Gasteiger charge is -2.10. The van der Waals surface area contributed by atoms with Crippen LogP contribution in [-0.2, 0) is 4.74 Å². The Morgan fingerprint density at radius 1 is 1.42 bits per heavy atom. The zero-order chi connectivity index (χ0) is 14.1. The number of nitrogens with two attached hydrogens (primary N) is 1. The van der Waals surface area contributed by atoms with Gasteiger partial charge in [0.05, 0.1) is 0 Å². The first-order chi connectivity index (χ1) is 9.15. The van der Waals surface area contributed by atoms with Gasteiger partial charge < -0.3 is 10.1 Å². The van der Waals surface area contributed by atoms with Gasteiger partial charge >= 0.3 is 0 Å². The number of hydrazine groups is 1. The van der Waals surface area contributed by atoms with E-state index in [1.165, 1.54) is 12.1 Å². The van der Waals surface area contributed by atoms with Crippen molar-refractivity contribution >= 4 is 11.6 Å². The van der Waals surface area contributed by atoms with Crippen LogP contribution < -0.4 is 16.6 Å². The normalized spacial score (nSPS) is 11.5. The van der Waals surface area contributed by atoms with Crippen LogP contribution in [0.25, 0.3) is 0 Å². The zero-order valence-electron chi connectivity index (χ0n) is 11.4. The molecular formula is C13H21FN4O. The highest BCUT2D eigenvalue weighted by Gasteiger charge is 2.01. The molecule has 1 rings (SSSR count). The molecule has 0 aliphatic rings. The van der Waals surface area contributed by atoms with Crippen molar-refractivity contribution in [1.82, 2.24) is 5.43 Å². The van der Waals surface area contributed by atoms with E-state index in [1.54, 1.807) is 0 Å². The Labute approximate surface area is 113 Å². The molecule has 6 heteroatoms. The second-order valence-corrected chi connectivity index (χ2v) is 4.07. The first kappa shape index (κ1) is 15.4. The Hall–Kier alpha value is -1.66. The van der Waals surface area contributed by atoms with Gasteiger partial charge in [0.15, 0.2) is 0 Å². The molecule has 4 N–H and O–H groups in total. The Morgan fingerprint density at radius 2 is 2.21 bits per heavy atom. The van der Waals surface area contributed by atoms with Crippen molar-refractivity contribution < 1.29 is 9.13 Å². The predicted octanol–water partition coefficient (Wildman–Crippen LogP) is 1.79. The molecule has 1 aromatic rings. The number of aliphatic imine (C=N–C) groups is 1. The van der Waals surface area contributed by atoms with Gasteiger partial charge in [-0.25, -0.2) is 10.2 Å². The number of ether oxygens (including phenoxy) is 1. The summed E-state index contributed by atoms with van der Waals surface area (Å²) in [6.07, 6.45) is 0.808. The molecule has 5 nitrogen and oxygen atoms in total. The summed E-state index contributed by atoms with van der Waals surface area (Å²) in [5.74, 6) is 5.48. The van der Waals surface area contributed by atoms with Crippen molar-refractivity contribution in [2.45, 2.75) is 20.3 Å². The van der Waals surface area contributed by atoms with Crippen LogP contribution in [0.2, 0.25) is 0 Å². The van der Waals surface area contributed by atoms with E-state index in [1.807, 2.05) is 19.9 Å². The summed E-state index contributed by atoms with van der Waals surface area (Å²) in [6.45, 7) is 5.72. The van der Waals surface area contributed by atoms with Crippen molar-refractivity contribution in [3.05, 3.63) is 29.6 Å². The molecule has 0 aliphatic carbocycles. The minimum absolute atomic E-state index is 0.296. The molecule has 0 fully saturated rings. The van der Waals surface area contributed by atoms with Crippen LogP contribution in [0, 0.1) is 12.7 Å². The molecule has 0 bridgehead atoms. The van der Waals surface area contributed by atoms with Crippen LogP contribution >= 0.6 is 0 Å². The Bertz CT molecular complexity index is 403. The lowest BCUT2D eigenvalue weighted by atomic mass is 10.2. The summed E-state index contributed by atoms with van der Waals surface area (Å²) in [4.78, 5) is 4.24. The quantitative estimate of drug-likeness (QED) is 0.242. The van der Waals surface area contributed by atoms with Gasteiger partial charge in [-0.1, -0.05) is 0 Å². The van der Waals surface area contributed by atoms with E-state index < -0.39 is 0 Å². The lowest BCUT2D eigenvalue weighted by molar-refractivity contribution is 0.146. The van der Waals surface area contributed by atoms with Crippen molar-refractivity contribution in [3.63, 3.8) is 0 Å². The number of nitrogens with zero attached hydrogens (tertiary/aromatic N) is 1. The minimum Gasteiger partial charge on any atom is -0.382 e. The molecule has 0 unspecified atom stereocenters.